The minimum Gasteiger partial charge on any atom is -0.365 e. The van der Waals surface area contributed by atoms with E-state index in [9.17, 15) is 0 Å². The van der Waals surface area contributed by atoms with Crippen LogP contribution in [0.3, 0.4) is 0 Å². The fourth-order valence-corrected chi connectivity index (χ4v) is 2.74. The second kappa shape index (κ2) is 3.05. The minimum atomic E-state index is -0.114. The molecule has 0 radical (unpaired) electrons. The van der Waals surface area contributed by atoms with Gasteiger partial charge in [-0.3, -0.25) is 4.68 Å². The van der Waals surface area contributed by atoms with Gasteiger partial charge in [-0.05, 0) is 35.0 Å². The Morgan fingerprint density at radius 1 is 1.64 bits per heavy atom. The summed E-state index contributed by atoms with van der Waals surface area (Å²) in [4.78, 5) is 0. The third-order valence-electron chi connectivity index (χ3n) is 3.01. The van der Waals surface area contributed by atoms with E-state index in [0.717, 1.165) is 37.3 Å². The van der Waals surface area contributed by atoms with Gasteiger partial charge in [-0.2, -0.15) is 5.10 Å². The molecule has 0 bridgehead atoms. The highest BCUT2D eigenvalue weighted by molar-refractivity contribution is 9.10. The Labute approximate surface area is 90.7 Å². The van der Waals surface area contributed by atoms with Crippen molar-refractivity contribution in [3.8, 4) is 0 Å². The van der Waals surface area contributed by atoms with Crippen LogP contribution in [-0.4, -0.2) is 29.5 Å². The average molecular weight is 258 g/mol. The van der Waals surface area contributed by atoms with Crippen LogP contribution < -0.4 is 5.32 Å². The highest BCUT2D eigenvalue weighted by Crippen LogP contribution is 2.35. The molecular weight excluding hydrogens is 246 g/mol. The van der Waals surface area contributed by atoms with Crippen LogP contribution in [0.1, 0.15) is 12.1 Å². The van der Waals surface area contributed by atoms with Crippen molar-refractivity contribution >= 4 is 15.9 Å². The van der Waals surface area contributed by atoms with Crippen molar-refractivity contribution in [2.24, 2.45) is 0 Å². The zero-order valence-corrected chi connectivity index (χ0v) is 9.38. The van der Waals surface area contributed by atoms with Gasteiger partial charge in [-0.15, -0.1) is 0 Å². The number of hydrogen-bond donors (Lipinski definition) is 1. The maximum atomic E-state index is 5.92. The molecule has 0 unspecified atom stereocenters. The first-order valence-corrected chi connectivity index (χ1v) is 5.68. The van der Waals surface area contributed by atoms with Crippen molar-refractivity contribution in [2.45, 2.75) is 18.6 Å². The third-order valence-corrected chi connectivity index (χ3v) is 3.40. The molecule has 1 aromatic heterocycles. The van der Waals surface area contributed by atoms with Crippen molar-refractivity contribution in [2.75, 3.05) is 19.7 Å². The molecule has 5 heteroatoms. The fourth-order valence-electron chi connectivity index (χ4n) is 2.33. The molecule has 1 fully saturated rings. The zero-order valence-electron chi connectivity index (χ0n) is 7.79. The van der Waals surface area contributed by atoms with Crippen LogP contribution in [0, 0.1) is 0 Å². The van der Waals surface area contributed by atoms with Crippen LogP contribution in [0.25, 0.3) is 0 Å². The molecule has 3 heterocycles. The summed E-state index contributed by atoms with van der Waals surface area (Å²) < 4.78 is 8.88. The van der Waals surface area contributed by atoms with Crippen molar-refractivity contribution in [1.82, 2.24) is 15.1 Å². The number of halogens is 1. The summed E-state index contributed by atoms with van der Waals surface area (Å²) in [5.74, 6) is 0. The Kier molecular flexibility index (Phi) is 1.93. The molecule has 1 atom stereocenters. The standard InChI is InChI=1S/C9H12BrN3O/c10-8-5-7-9(1-2-11-6-9)14-4-3-13(7)12-8/h5,11H,1-4,6H2/t9-/m1/s1. The molecule has 4 nitrogen and oxygen atoms in total. The van der Waals surface area contributed by atoms with Crippen molar-refractivity contribution in [1.29, 1.82) is 0 Å². The van der Waals surface area contributed by atoms with Gasteiger partial charge in [0.1, 0.15) is 10.2 Å². The predicted molar refractivity (Wildman–Crippen MR) is 55.0 cm³/mol. The van der Waals surface area contributed by atoms with Crippen molar-refractivity contribution in [3.05, 3.63) is 16.4 Å². The Balaban J connectivity index is 2.09. The summed E-state index contributed by atoms with van der Waals surface area (Å²) in [7, 11) is 0. The lowest BCUT2D eigenvalue weighted by atomic mass is 9.97. The maximum absolute atomic E-state index is 5.92. The molecule has 76 valence electrons. The smallest absolute Gasteiger partial charge is 0.128 e. The second-order valence-electron chi connectivity index (χ2n) is 3.84. The minimum absolute atomic E-state index is 0.114. The topological polar surface area (TPSA) is 39.1 Å². The summed E-state index contributed by atoms with van der Waals surface area (Å²) in [6.45, 7) is 3.57. The van der Waals surface area contributed by atoms with E-state index in [1.165, 1.54) is 5.69 Å². The van der Waals surface area contributed by atoms with Gasteiger partial charge in [-0.1, -0.05) is 0 Å². The van der Waals surface area contributed by atoms with Crippen LogP contribution in [0.15, 0.2) is 10.7 Å². The summed E-state index contributed by atoms with van der Waals surface area (Å²) >= 11 is 3.41. The number of nitrogens with one attached hydrogen (secondary N) is 1. The number of nitrogens with zero attached hydrogens (tertiary/aromatic N) is 2. The number of rotatable bonds is 0. The molecule has 14 heavy (non-hydrogen) atoms. The third kappa shape index (κ3) is 1.16. The van der Waals surface area contributed by atoms with Gasteiger partial charge in [0.25, 0.3) is 0 Å². The molecule has 0 aliphatic carbocycles. The molecule has 1 N–H and O–H groups in total. The predicted octanol–water partition coefficient (Wildman–Crippen LogP) is 0.864. The van der Waals surface area contributed by atoms with E-state index in [0.29, 0.717) is 0 Å². The Hall–Kier alpha value is -0.390. The van der Waals surface area contributed by atoms with Gasteiger partial charge >= 0.3 is 0 Å². The molecule has 0 amide bonds. The molecular formula is C9H12BrN3O. The van der Waals surface area contributed by atoms with Gasteiger partial charge in [0.15, 0.2) is 0 Å². The van der Waals surface area contributed by atoms with E-state index in [2.05, 4.69) is 37.1 Å². The first-order chi connectivity index (χ1) is 6.80. The number of fused-ring (bicyclic) bond motifs is 2. The number of ether oxygens (including phenoxy) is 1. The summed E-state index contributed by atoms with van der Waals surface area (Å²) in [5.41, 5.74) is 1.10. The molecule has 2 aliphatic heterocycles. The lowest BCUT2D eigenvalue weighted by Crippen LogP contribution is -2.40. The molecule has 1 saturated heterocycles. The first kappa shape index (κ1) is 8.88. The first-order valence-electron chi connectivity index (χ1n) is 4.89. The van der Waals surface area contributed by atoms with Crippen LogP contribution in [0.5, 0.6) is 0 Å². The summed E-state index contributed by atoms with van der Waals surface area (Å²) in [5, 5.41) is 7.75. The molecule has 0 saturated carbocycles. The molecule has 1 aromatic rings. The van der Waals surface area contributed by atoms with E-state index in [-0.39, 0.29) is 5.60 Å². The van der Waals surface area contributed by atoms with Gasteiger partial charge < -0.3 is 10.1 Å². The van der Waals surface area contributed by atoms with Crippen LogP contribution >= 0.6 is 15.9 Å². The number of aromatic nitrogens is 2. The van der Waals surface area contributed by atoms with E-state index in [1.54, 1.807) is 0 Å². The van der Waals surface area contributed by atoms with E-state index in [1.807, 2.05) is 0 Å². The average Bonchev–Trinajstić information content (AvgIpc) is 2.74. The lowest BCUT2D eigenvalue weighted by Gasteiger charge is -2.33. The SMILES string of the molecule is Brc1cc2n(n1)CCO[C@@]21CCNC1. The molecule has 1 spiro atoms. The highest BCUT2D eigenvalue weighted by Gasteiger charge is 2.41. The largest absolute Gasteiger partial charge is 0.365 e. The zero-order chi connectivity index (χ0) is 9.60. The Morgan fingerprint density at radius 2 is 2.57 bits per heavy atom. The fraction of sp³-hybridized carbons (Fsp3) is 0.667. The van der Waals surface area contributed by atoms with Gasteiger partial charge in [0.05, 0.1) is 18.8 Å². The lowest BCUT2D eigenvalue weighted by molar-refractivity contribution is -0.0657. The van der Waals surface area contributed by atoms with Gasteiger partial charge in [0.2, 0.25) is 0 Å². The Bertz CT molecular complexity index is 357. The monoisotopic (exact) mass is 257 g/mol. The van der Waals surface area contributed by atoms with Crippen molar-refractivity contribution in [3.63, 3.8) is 0 Å². The molecule has 3 rings (SSSR count). The van der Waals surface area contributed by atoms with E-state index >= 15 is 0 Å². The van der Waals surface area contributed by atoms with Crippen LogP contribution in [0.2, 0.25) is 0 Å². The Morgan fingerprint density at radius 3 is 3.36 bits per heavy atom. The van der Waals surface area contributed by atoms with Crippen LogP contribution in [-0.2, 0) is 16.9 Å². The van der Waals surface area contributed by atoms with E-state index in [4.69, 9.17) is 4.74 Å². The maximum Gasteiger partial charge on any atom is 0.128 e. The van der Waals surface area contributed by atoms with Crippen molar-refractivity contribution < 1.29 is 4.74 Å². The summed E-state index contributed by atoms with van der Waals surface area (Å²) in [6, 6.07) is 2.08. The number of hydrogen-bond acceptors (Lipinski definition) is 3. The summed E-state index contributed by atoms with van der Waals surface area (Å²) in [6.07, 6.45) is 1.05. The van der Waals surface area contributed by atoms with Gasteiger partial charge in [0, 0.05) is 6.54 Å². The normalized spacial score (nSPS) is 30.9. The van der Waals surface area contributed by atoms with Gasteiger partial charge in [-0.25, -0.2) is 0 Å². The quantitative estimate of drug-likeness (QED) is 0.750. The highest BCUT2D eigenvalue weighted by atomic mass is 79.9. The van der Waals surface area contributed by atoms with E-state index < -0.39 is 0 Å². The molecule has 0 aromatic carbocycles. The molecule has 2 aliphatic rings. The second-order valence-corrected chi connectivity index (χ2v) is 4.66. The van der Waals surface area contributed by atoms with Crippen LogP contribution in [0.4, 0.5) is 0 Å².